The molecule has 112 valence electrons. The number of nitrogens with two attached hydrogens (primary N) is 1. The van der Waals surface area contributed by atoms with Gasteiger partial charge in [0.2, 0.25) is 5.91 Å². The van der Waals surface area contributed by atoms with E-state index in [9.17, 15) is 14.4 Å². The average Bonchev–Trinajstić information content (AvgIpc) is 2.47. The zero-order valence-electron chi connectivity index (χ0n) is 11.7. The number of hydrogen-bond acceptors (Lipinski definition) is 4. The predicted octanol–water partition coefficient (Wildman–Crippen LogP) is 0.506. The summed E-state index contributed by atoms with van der Waals surface area (Å²) < 4.78 is 0. The zero-order valence-corrected chi connectivity index (χ0v) is 11.7. The van der Waals surface area contributed by atoms with Gasteiger partial charge in [-0.15, -0.1) is 0 Å². The van der Waals surface area contributed by atoms with Crippen LogP contribution in [0.25, 0.3) is 0 Å². The van der Waals surface area contributed by atoms with E-state index in [2.05, 4.69) is 4.98 Å². The lowest BCUT2D eigenvalue weighted by molar-refractivity contribution is -0.123. The fourth-order valence-electron chi connectivity index (χ4n) is 2.43. The first-order valence-corrected chi connectivity index (χ1v) is 6.69. The van der Waals surface area contributed by atoms with E-state index < -0.39 is 11.9 Å². The Bertz CT molecular complexity index is 570. The van der Waals surface area contributed by atoms with Crippen molar-refractivity contribution >= 4 is 17.8 Å². The molecular formula is C14H17N3O4. The third-order valence-electron chi connectivity index (χ3n) is 3.77. The zero-order chi connectivity index (χ0) is 15.6. The van der Waals surface area contributed by atoms with Gasteiger partial charge in [0.05, 0.1) is 11.5 Å². The molecule has 2 amide bonds. The highest BCUT2D eigenvalue weighted by atomic mass is 16.4. The van der Waals surface area contributed by atoms with E-state index in [0.29, 0.717) is 18.4 Å². The molecule has 0 radical (unpaired) electrons. The van der Waals surface area contributed by atoms with Crippen LogP contribution in [-0.2, 0) is 4.79 Å². The van der Waals surface area contributed by atoms with Crippen LogP contribution in [0.15, 0.2) is 18.3 Å². The van der Waals surface area contributed by atoms with Crippen molar-refractivity contribution in [2.45, 2.75) is 25.8 Å². The number of likely N-dealkylation sites (tertiary alicyclic amines) is 1. The molecule has 21 heavy (non-hydrogen) atoms. The summed E-state index contributed by atoms with van der Waals surface area (Å²) in [6, 6.07) is 2.72. The Hall–Kier alpha value is -2.44. The van der Waals surface area contributed by atoms with Gasteiger partial charge in [0.15, 0.2) is 0 Å². The number of amides is 2. The molecule has 1 aliphatic rings. The molecular weight excluding hydrogens is 274 g/mol. The van der Waals surface area contributed by atoms with Crippen molar-refractivity contribution in [3.63, 3.8) is 0 Å². The minimum absolute atomic E-state index is 0.00671. The standard InChI is InChI=1S/C14H17N3O4/c1-8-2-3-10(12(15)18)7-17(8)13(19)9-4-5-11(14(20)21)16-6-9/h4-6,8,10H,2-3,7H2,1H3,(H2,15,18)(H,20,21). The first kappa shape index (κ1) is 15.0. The summed E-state index contributed by atoms with van der Waals surface area (Å²) in [6.07, 6.45) is 2.63. The average molecular weight is 291 g/mol. The van der Waals surface area contributed by atoms with Crippen LogP contribution in [0, 0.1) is 5.92 Å². The van der Waals surface area contributed by atoms with E-state index in [1.165, 1.54) is 18.3 Å². The van der Waals surface area contributed by atoms with Gasteiger partial charge in [-0.2, -0.15) is 0 Å². The highest BCUT2D eigenvalue weighted by Gasteiger charge is 2.32. The molecule has 0 spiro atoms. The Morgan fingerprint density at radius 1 is 1.33 bits per heavy atom. The number of aromatic nitrogens is 1. The Balaban J connectivity index is 2.17. The first-order chi connectivity index (χ1) is 9.90. The lowest BCUT2D eigenvalue weighted by Crippen LogP contribution is -2.48. The fourth-order valence-corrected chi connectivity index (χ4v) is 2.43. The topological polar surface area (TPSA) is 114 Å². The van der Waals surface area contributed by atoms with E-state index >= 15 is 0 Å². The smallest absolute Gasteiger partial charge is 0.354 e. The van der Waals surface area contributed by atoms with Crippen molar-refractivity contribution in [1.82, 2.24) is 9.88 Å². The van der Waals surface area contributed by atoms with Crippen LogP contribution in [0.5, 0.6) is 0 Å². The molecule has 0 bridgehead atoms. The van der Waals surface area contributed by atoms with E-state index in [1.54, 1.807) is 4.90 Å². The first-order valence-electron chi connectivity index (χ1n) is 6.69. The van der Waals surface area contributed by atoms with Crippen molar-refractivity contribution < 1.29 is 19.5 Å². The predicted molar refractivity (Wildman–Crippen MR) is 73.6 cm³/mol. The maximum atomic E-state index is 12.4. The number of carbonyl (C=O) groups excluding carboxylic acids is 2. The van der Waals surface area contributed by atoms with Gasteiger partial charge in [-0.1, -0.05) is 0 Å². The van der Waals surface area contributed by atoms with E-state index in [4.69, 9.17) is 10.8 Å². The van der Waals surface area contributed by atoms with Crippen LogP contribution in [-0.4, -0.2) is 45.4 Å². The number of carboxylic acid groups (broad SMARTS) is 1. The summed E-state index contributed by atoms with van der Waals surface area (Å²) in [7, 11) is 0. The highest BCUT2D eigenvalue weighted by molar-refractivity contribution is 5.95. The fraction of sp³-hybridized carbons (Fsp3) is 0.429. The lowest BCUT2D eigenvalue weighted by atomic mass is 9.92. The number of nitrogens with zero attached hydrogens (tertiary/aromatic N) is 2. The summed E-state index contributed by atoms with van der Waals surface area (Å²) in [6.45, 7) is 2.20. The third-order valence-corrected chi connectivity index (χ3v) is 3.77. The minimum Gasteiger partial charge on any atom is -0.477 e. The van der Waals surface area contributed by atoms with Crippen LogP contribution < -0.4 is 5.73 Å². The normalized spacial score (nSPS) is 21.9. The van der Waals surface area contributed by atoms with Gasteiger partial charge in [-0.25, -0.2) is 9.78 Å². The number of carboxylic acids is 1. The van der Waals surface area contributed by atoms with Crippen molar-refractivity contribution in [2.24, 2.45) is 11.7 Å². The SMILES string of the molecule is CC1CCC(C(N)=O)CN1C(=O)c1ccc(C(=O)O)nc1. The summed E-state index contributed by atoms with van der Waals surface area (Å²) in [5.41, 5.74) is 5.50. The molecule has 3 N–H and O–H groups in total. The number of primary amides is 1. The van der Waals surface area contributed by atoms with Crippen LogP contribution in [0.2, 0.25) is 0 Å². The highest BCUT2D eigenvalue weighted by Crippen LogP contribution is 2.23. The van der Waals surface area contributed by atoms with Gasteiger partial charge >= 0.3 is 5.97 Å². The number of pyridine rings is 1. The minimum atomic E-state index is -1.14. The van der Waals surface area contributed by atoms with Gasteiger partial charge in [-0.05, 0) is 31.9 Å². The second-order valence-corrected chi connectivity index (χ2v) is 5.22. The molecule has 1 saturated heterocycles. The Kier molecular flexibility index (Phi) is 4.21. The molecule has 2 unspecified atom stereocenters. The van der Waals surface area contributed by atoms with Crippen molar-refractivity contribution in [3.8, 4) is 0 Å². The number of aromatic carboxylic acids is 1. The van der Waals surface area contributed by atoms with E-state index in [-0.39, 0.29) is 30.1 Å². The van der Waals surface area contributed by atoms with Crippen LogP contribution in [0.4, 0.5) is 0 Å². The molecule has 1 fully saturated rings. The molecule has 0 saturated carbocycles. The number of carbonyl (C=O) groups is 3. The molecule has 1 aromatic heterocycles. The van der Waals surface area contributed by atoms with Crippen molar-refractivity contribution in [1.29, 1.82) is 0 Å². The number of rotatable bonds is 3. The quantitative estimate of drug-likeness (QED) is 0.842. The molecule has 7 heteroatoms. The molecule has 2 heterocycles. The van der Waals surface area contributed by atoms with Gasteiger partial charge in [0.25, 0.3) is 5.91 Å². The van der Waals surface area contributed by atoms with Gasteiger partial charge in [0.1, 0.15) is 5.69 Å². The van der Waals surface area contributed by atoms with Gasteiger partial charge in [-0.3, -0.25) is 9.59 Å². The second kappa shape index (κ2) is 5.90. The summed E-state index contributed by atoms with van der Waals surface area (Å²) in [5.74, 6) is -2.15. The molecule has 0 aromatic carbocycles. The molecule has 7 nitrogen and oxygen atoms in total. The number of hydrogen-bond donors (Lipinski definition) is 2. The summed E-state index contributed by atoms with van der Waals surface area (Å²) >= 11 is 0. The van der Waals surface area contributed by atoms with Crippen LogP contribution in [0.3, 0.4) is 0 Å². The maximum Gasteiger partial charge on any atom is 0.354 e. The van der Waals surface area contributed by atoms with Crippen molar-refractivity contribution in [3.05, 3.63) is 29.6 Å². The summed E-state index contributed by atoms with van der Waals surface area (Å²) in [4.78, 5) is 39.8. The molecule has 0 aliphatic carbocycles. The van der Waals surface area contributed by atoms with Gasteiger partial charge in [0, 0.05) is 18.8 Å². The second-order valence-electron chi connectivity index (χ2n) is 5.22. The monoisotopic (exact) mass is 291 g/mol. The van der Waals surface area contributed by atoms with E-state index in [1.807, 2.05) is 6.92 Å². The van der Waals surface area contributed by atoms with Crippen molar-refractivity contribution in [2.75, 3.05) is 6.54 Å². The van der Waals surface area contributed by atoms with E-state index in [0.717, 1.165) is 0 Å². The molecule has 1 aromatic rings. The van der Waals surface area contributed by atoms with Crippen LogP contribution in [0.1, 0.15) is 40.6 Å². The molecule has 2 rings (SSSR count). The molecule has 2 atom stereocenters. The number of piperidine rings is 1. The maximum absolute atomic E-state index is 12.4. The Labute approximate surface area is 121 Å². The third kappa shape index (κ3) is 3.18. The molecule has 1 aliphatic heterocycles. The van der Waals surface area contributed by atoms with Gasteiger partial charge < -0.3 is 15.7 Å². The largest absolute Gasteiger partial charge is 0.477 e. The Morgan fingerprint density at radius 2 is 2.05 bits per heavy atom. The van der Waals surface area contributed by atoms with Crippen LogP contribution >= 0.6 is 0 Å². The Morgan fingerprint density at radius 3 is 2.57 bits per heavy atom. The summed E-state index contributed by atoms with van der Waals surface area (Å²) in [5, 5.41) is 8.79. The lowest BCUT2D eigenvalue weighted by Gasteiger charge is -2.36.